The Kier molecular flexibility index (Phi) is 4.47. The van der Waals surface area contributed by atoms with Crippen molar-refractivity contribution in [2.45, 2.75) is 23.3 Å². The number of carboxylic acid groups (broad SMARTS) is 2. The van der Waals surface area contributed by atoms with Crippen molar-refractivity contribution < 1.29 is 19.8 Å². The normalized spacial score (nSPS) is 11.2. The minimum absolute atomic E-state index is 0.0594. The first kappa shape index (κ1) is 11.6. The van der Waals surface area contributed by atoms with E-state index in [-0.39, 0.29) is 19.3 Å². The highest BCUT2D eigenvalue weighted by molar-refractivity contribution is 8.01. The number of carboxylic acids is 2. The molecule has 70 valence electrons. The minimum Gasteiger partial charge on any atom is -0.481 e. The van der Waals surface area contributed by atoms with Crippen LogP contribution in [0, 0.1) is 0 Å². The molecule has 0 saturated carbocycles. The number of hydrogen-bond acceptors (Lipinski definition) is 4. The molecule has 0 aliphatic rings. The third kappa shape index (κ3) is 4.50. The first-order valence-corrected chi connectivity index (χ1v) is 4.15. The zero-order valence-electron chi connectivity index (χ0n) is 6.23. The zero-order valence-corrected chi connectivity index (χ0v) is 8.02. The van der Waals surface area contributed by atoms with Crippen LogP contribution in [-0.2, 0) is 9.59 Å². The Morgan fingerprint density at radius 2 is 1.75 bits per heavy atom. The van der Waals surface area contributed by atoms with Gasteiger partial charge in [0.25, 0.3) is 0 Å². The molecule has 0 fully saturated rings. The van der Waals surface area contributed by atoms with Crippen LogP contribution in [0.1, 0.15) is 19.3 Å². The van der Waals surface area contributed by atoms with E-state index >= 15 is 0 Å². The summed E-state index contributed by atoms with van der Waals surface area (Å²) in [5.74, 6) is -2.10. The van der Waals surface area contributed by atoms with Crippen LogP contribution in [0.25, 0.3) is 0 Å². The molecule has 0 radical (unpaired) electrons. The van der Waals surface area contributed by atoms with Gasteiger partial charge in [-0.05, 0) is 12.8 Å². The lowest BCUT2D eigenvalue weighted by molar-refractivity contribution is -0.139. The van der Waals surface area contributed by atoms with E-state index in [1.807, 2.05) is 0 Å². The van der Waals surface area contributed by atoms with Crippen molar-refractivity contribution in [3.05, 3.63) is 0 Å². The van der Waals surface area contributed by atoms with Gasteiger partial charge in [-0.15, -0.1) is 0 Å². The molecule has 2 N–H and O–H groups in total. The van der Waals surface area contributed by atoms with Gasteiger partial charge in [-0.1, -0.05) is 0 Å². The van der Waals surface area contributed by atoms with Crippen LogP contribution in [0.3, 0.4) is 0 Å². The highest BCUT2D eigenvalue weighted by Gasteiger charge is 2.29. The van der Waals surface area contributed by atoms with Crippen molar-refractivity contribution in [2.24, 2.45) is 0 Å². The van der Waals surface area contributed by atoms with Crippen LogP contribution in [0.4, 0.5) is 0 Å². The summed E-state index contributed by atoms with van der Waals surface area (Å²) in [5.41, 5.74) is 0. The summed E-state index contributed by atoms with van der Waals surface area (Å²) < 4.78 is -1.42. The van der Waals surface area contributed by atoms with Crippen molar-refractivity contribution in [2.75, 3.05) is 0 Å². The van der Waals surface area contributed by atoms with Gasteiger partial charge in [0, 0.05) is 6.42 Å². The van der Waals surface area contributed by atoms with Crippen LogP contribution >= 0.6 is 25.3 Å². The van der Waals surface area contributed by atoms with Crippen molar-refractivity contribution in [3.63, 3.8) is 0 Å². The van der Waals surface area contributed by atoms with Gasteiger partial charge in [-0.25, -0.2) is 4.79 Å². The second-order valence-electron chi connectivity index (χ2n) is 2.37. The molecule has 0 bridgehead atoms. The van der Waals surface area contributed by atoms with E-state index in [2.05, 4.69) is 25.3 Å². The van der Waals surface area contributed by atoms with E-state index < -0.39 is 16.0 Å². The molecule has 0 heterocycles. The Bertz CT molecular complexity index is 190. The molecule has 0 amide bonds. The first-order valence-electron chi connectivity index (χ1n) is 3.26. The molecular weight excluding hydrogens is 200 g/mol. The molecule has 0 saturated heterocycles. The van der Waals surface area contributed by atoms with Crippen LogP contribution in [0.15, 0.2) is 0 Å². The third-order valence-corrected chi connectivity index (χ3v) is 2.09. The van der Waals surface area contributed by atoms with Crippen LogP contribution in [-0.4, -0.2) is 26.2 Å². The fraction of sp³-hybridized carbons (Fsp3) is 0.667. The summed E-state index contributed by atoms with van der Waals surface area (Å²) in [5, 5.41) is 16.8. The van der Waals surface area contributed by atoms with E-state index in [1.165, 1.54) is 0 Å². The number of thiol groups is 2. The Balaban J connectivity index is 3.76. The van der Waals surface area contributed by atoms with E-state index in [0.29, 0.717) is 0 Å². The predicted molar refractivity (Wildman–Crippen MR) is 49.8 cm³/mol. The van der Waals surface area contributed by atoms with Crippen molar-refractivity contribution >= 4 is 37.2 Å². The Morgan fingerprint density at radius 1 is 1.25 bits per heavy atom. The Hall–Kier alpha value is -0.360. The summed E-state index contributed by atoms with van der Waals surface area (Å²) >= 11 is 7.51. The maximum absolute atomic E-state index is 10.4. The smallest absolute Gasteiger partial charge is 0.329 e. The molecule has 0 aromatic rings. The van der Waals surface area contributed by atoms with Gasteiger partial charge in [0.1, 0.15) is 0 Å². The molecule has 0 spiro atoms. The molecule has 0 aromatic carbocycles. The van der Waals surface area contributed by atoms with Crippen molar-refractivity contribution in [1.29, 1.82) is 0 Å². The fourth-order valence-electron chi connectivity index (χ4n) is 0.593. The van der Waals surface area contributed by atoms with E-state index in [9.17, 15) is 9.59 Å². The number of carbonyl (C=O) groups is 2. The second kappa shape index (κ2) is 4.61. The molecule has 0 unspecified atom stereocenters. The highest BCUT2D eigenvalue weighted by Crippen LogP contribution is 2.26. The van der Waals surface area contributed by atoms with Crippen LogP contribution < -0.4 is 0 Å². The Morgan fingerprint density at radius 3 is 2.08 bits per heavy atom. The zero-order chi connectivity index (χ0) is 9.78. The van der Waals surface area contributed by atoms with Gasteiger partial charge in [-0.2, -0.15) is 25.3 Å². The molecule has 0 atom stereocenters. The number of aliphatic carboxylic acids is 2. The van der Waals surface area contributed by atoms with E-state index in [4.69, 9.17) is 10.2 Å². The summed E-state index contributed by atoms with van der Waals surface area (Å²) in [6.07, 6.45) is 0.325. The van der Waals surface area contributed by atoms with Gasteiger partial charge in [0.15, 0.2) is 4.08 Å². The molecule has 6 heteroatoms. The third-order valence-electron chi connectivity index (χ3n) is 1.26. The molecule has 0 aliphatic heterocycles. The summed E-state index contributed by atoms with van der Waals surface area (Å²) in [7, 11) is 0. The SMILES string of the molecule is O=C(O)CCCC(S)(S)C(=O)O. The van der Waals surface area contributed by atoms with E-state index in [0.717, 1.165) is 0 Å². The van der Waals surface area contributed by atoms with Crippen LogP contribution in [0.2, 0.25) is 0 Å². The second-order valence-corrected chi connectivity index (χ2v) is 4.25. The molecule has 0 aromatic heterocycles. The Labute approximate surface area is 80.8 Å². The summed E-state index contributed by atoms with van der Waals surface area (Å²) in [4.78, 5) is 20.5. The fourth-order valence-corrected chi connectivity index (χ4v) is 0.909. The molecule has 0 rings (SSSR count). The minimum atomic E-state index is -1.42. The van der Waals surface area contributed by atoms with Gasteiger partial charge in [0.2, 0.25) is 0 Å². The van der Waals surface area contributed by atoms with Gasteiger partial charge in [0.05, 0.1) is 0 Å². The summed E-state index contributed by atoms with van der Waals surface area (Å²) in [6, 6.07) is 0. The molecule has 4 nitrogen and oxygen atoms in total. The van der Waals surface area contributed by atoms with Gasteiger partial charge >= 0.3 is 11.9 Å². The number of rotatable bonds is 5. The first-order chi connectivity index (χ1) is 5.36. The summed E-state index contributed by atoms with van der Waals surface area (Å²) in [6.45, 7) is 0. The van der Waals surface area contributed by atoms with E-state index in [1.54, 1.807) is 0 Å². The molecule has 12 heavy (non-hydrogen) atoms. The highest BCUT2D eigenvalue weighted by atomic mass is 32.2. The van der Waals surface area contributed by atoms with Crippen molar-refractivity contribution in [3.8, 4) is 0 Å². The maximum Gasteiger partial charge on any atom is 0.329 e. The lowest BCUT2D eigenvalue weighted by Crippen LogP contribution is -2.25. The average Bonchev–Trinajstić information content (AvgIpc) is 1.85. The molecular formula is C6H10O4S2. The lowest BCUT2D eigenvalue weighted by atomic mass is 10.2. The quantitative estimate of drug-likeness (QED) is 0.401. The van der Waals surface area contributed by atoms with Crippen molar-refractivity contribution in [1.82, 2.24) is 0 Å². The molecule has 0 aliphatic carbocycles. The largest absolute Gasteiger partial charge is 0.481 e. The maximum atomic E-state index is 10.4. The van der Waals surface area contributed by atoms with Crippen LogP contribution in [0.5, 0.6) is 0 Å². The topological polar surface area (TPSA) is 74.6 Å². The van der Waals surface area contributed by atoms with Gasteiger partial charge in [-0.3, -0.25) is 4.79 Å². The predicted octanol–water partition coefficient (Wildman–Crippen LogP) is 0.882. The lowest BCUT2D eigenvalue weighted by Gasteiger charge is -2.15. The standard InChI is InChI=1S/C6H10O4S2/c7-4(8)2-1-3-6(11,12)5(9)10/h11-12H,1-3H2,(H,7,8)(H,9,10). The van der Waals surface area contributed by atoms with Gasteiger partial charge < -0.3 is 10.2 Å². The monoisotopic (exact) mass is 210 g/mol. The number of hydrogen-bond donors (Lipinski definition) is 4. The average molecular weight is 210 g/mol.